The fourth-order valence-electron chi connectivity index (χ4n) is 1.90. The van der Waals surface area contributed by atoms with Crippen molar-refractivity contribution in [2.75, 3.05) is 12.4 Å². The van der Waals surface area contributed by atoms with Crippen molar-refractivity contribution in [3.05, 3.63) is 66.0 Å². The van der Waals surface area contributed by atoms with Gasteiger partial charge in [0.2, 0.25) is 0 Å². The van der Waals surface area contributed by atoms with Crippen molar-refractivity contribution < 1.29 is 9.18 Å². The molecule has 0 spiro atoms. The molecule has 0 bridgehead atoms. The first-order valence-corrected chi connectivity index (χ1v) is 6.43. The minimum atomic E-state index is -0.443. The maximum atomic E-state index is 13.5. The van der Waals surface area contributed by atoms with Gasteiger partial charge in [0.1, 0.15) is 5.82 Å². The number of hydrogen-bond donors (Lipinski definition) is 1. The standard InChI is InChI=1S/C16H17FN2O/c1-12(13-8-4-3-5-9-13)19(2)16(20)18-15-11-7-6-10-14(15)17/h3-12H,1-2H3,(H,18,20)/t12-/m0/s1. The van der Waals surface area contributed by atoms with E-state index in [1.54, 1.807) is 24.1 Å². The average molecular weight is 272 g/mol. The lowest BCUT2D eigenvalue weighted by Crippen LogP contribution is -2.33. The second-order valence-electron chi connectivity index (χ2n) is 4.61. The van der Waals surface area contributed by atoms with Gasteiger partial charge in [-0.1, -0.05) is 42.5 Å². The molecule has 2 rings (SSSR count). The first-order chi connectivity index (χ1) is 9.59. The average Bonchev–Trinajstić information content (AvgIpc) is 2.49. The quantitative estimate of drug-likeness (QED) is 0.898. The molecule has 1 N–H and O–H groups in total. The van der Waals surface area contributed by atoms with Crippen LogP contribution >= 0.6 is 0 Å². The van der Waals surface area contributed by atoms with Crippen LogP contribution in [0.25, 0.3) is 0 Å². The third kappa shape index (κ3) is 3.15. The fraction of sp³-hybridized carbons (Fsp3) is 0.188. The van der Waals surface area contributed by atoms with E-state index in [-0.39, 0.29) is 17.8 Å². The van der Waals surface area contributed by atoms with Gasteiger partial charge in [-0.2, -0.15) is 0 Å². The van der Waals surface area contributed by atoms with Crippen molar-refractivity contribution in [2.45, 2.75) is 13.0 Å². The summed E-state index contributed by atoms with van der Waals surface area (Å²) >= 11 is 0. The molecule has 2 amide bonds. The maximum absolute atomic E-state index is 13.5. The lowest BCUT2D eigenvalue weighted by molar-refractivity contribution is 0.208. The normalized spacial score (nSPS) is 11.8. The summed E-state index contributed by atoms with van der Waals surface area (Å²) in [7, 11) is 1.69. The van der Waals surface area contributed by atoms with E-state index in [1.165, 1.54) is 12.1 Å². The zero-order chi connectivity index (χ0) is 14.5. The van der Waals surface area contributed by atoms with Crippen LogP contribution in [0.5, 0.6) is 0 Å². The number of halogens is 1. The summed E-state index contributed by atoms with van der Waals surface area (Å²) in [5.41, 5.74) is 1.21. The predicted octanol–water partition coefficient (Wildman–Crippen LogP) is 4.05. The van der Waals surface area contributed by atoms with E-state index >= 15 is 0 Å². The molecule has 0 radical (unpaired) electrons. The Bertz CT molecular complexity index is 586. The number of hydrogen-bond acceptors (Lipinski definition) is 1. The molecule has 0 heterocycles. The van der Waals surface area contributed by atoms with Crippen molar-refractivity contribution in [3.63, 3.8) is 0 Å². The van der Waals surface area contributed by atoms with Crippen LogP contribution < -0.4 is 5.32 Å². The van der Waals surface area contributed by atoms with Crippen LogP contribution in [-0.2, 0) is 0 Å². The van der Waals surface area contributed by atoms with Crippen LogP contribution in [0.4, 0.5) is 14.9 Å². The molecule has 0 unspecified atom stereocenters. The van der Waals surface area contributed by atoms with E-state index in [0.717, 1.165) is 5.56 Å². The Hall–Kier alpha value is -2.36. The van der Waals surface area contributed by atoms with E-state index in [9.17, 15) is 9.18 Å². The molecule has 2 aromatic rings. The Morgan fingerprint density at radius 2 is 1.70 bits per heavy atom. The maximum Gasteiger partial charge on any atom is 0.322 e. The van der Waals surface area contributed by atoms with Crippen LogP contribution in [0.15, 0.2) is 54.6 Å². The summed E-state index contributed by atoms with van der Waals surface area (Å²) in [6.07, 6.45) is 0. The monoisotopic (exact) mass is 272 g/mol. The summed E-state index contributed by atoms with van der Waals surface area (Å²) in [6.45, 7) is 1.93. The number of carbonyl (C=O) groups excluding carboxylic acids is 1. The summed E-state index contributed by atoms with van der Waals surface area (Å²) in [6, 6.07) is 15.4. The number of rotatable bonds is 3. The third-order valence-electron chi connectivity index (χ3n) is 3.30. The van der Waals surface area contributed by atoms with Crippen molar-refractivity contribution in [1.82, 2.24) is 4.90 Å². The fourth-order valence-corrected chi connectivity index (χ4v) is 1.90. The lowest BCUT2D eigenvalue weighted by Gasteiger charge is -2.25. The van der Waals surface area contributed by atoms with E-state index in [1.807, 2.05) is 37.3 Å². The van der Waals surface area contributed by atoms with Gasteiger partial charge in [-0.25, -0.2) is 9.18 Å². The highest BCUT2D eigenvalue weighted by atomic mass is 19.1. The summed E-state index contributed by atoms with van der Waals surface area (Å²) < 4.78 is 13.5. The minimum absolute atomic E-state index is 0.0945. The first kappa shape index (κ1) is 14.1. The molecule has 0 saturated carbocycles. The van der Waals surface area contributed by atoms with Crippen molar-refractivity contribution in [3.8, 4) is 0 Å². The number of urea groups is 1. The highest BCUT2D eigenvalue weighted by Gasteiger charge is 2.17. The highest BCUT2D eigenvalue weighted by molar-refractivity contribution is 5.89. The zero-order valence-corrected chi connectivity index (χ0v) is 11.5. The van der Waals surface area contributed by atoms with E-state index in [2.05, 4.69) is 5.32 Å². The second-order valence-corrected chi connectivity index (χ2v) is 4.61. The zero-order valence-electron chi connectivity index (χ0n) is 11.5. The first-order valence-electron chi connectivity index (χ1n) is 6.43. The molecule has 0 aliphatic rings. The Balaban J connectivity index is 2.08. The molecular formula is C16H17FN2O. The molecule has 0 aliphatic carbocycles. The van der Waals surface area contributed by atoms with Gasteiger partial charge >= 0.3 is 6.03 Å². The minimum Gasteiger partial charge on any atom is -0.321 e. The lowest BCUT2D eigenvalue weighted by atomic mass is 10.1. The Morgan fingerprint density at radius 1 is 1.10 bits per heavy atom. The van der Waals surface area contributed by atoms with Crippen molar-refractivity contribution in [2.24, 2.45) is 0 Å². The number of nitrogens with zero attached hydrogens (tertiary/aromatic N) is 1. The van der Waals surface area contributed by atoms with E-state index < -0.39 is 5.82 Å². The van der Waals surface area contributed by atoms with Gasteiger partial charge in [0.25, 0.3) is 0 Å². The number of para-hydroxylation sites is 1. The topological polar surface area (TPSA) is 32.3 Å². The number of carbonyl (C=O) groups is 1. The van der Waals surface area contributed by atoms with Gasteiger partial charge in [-0.15, -0.1) is 0 Å². The van der Waals surface area contributed by atoms with E-state index in [4.69, 9.17) is 0 Å². The molecule has 0 aliphatic heterocycles. The Labute approximate surface area is 118 Å². The number of amides is 2. The second kappa shape index (κ2) is 6.19. The van der Waals surface area contributed by atoms with Gasteiger partial charge in [0.15, 0.2) is 0 Å². The largest absolute Gasteiger partial charge is 0.322 e. The Morgan fingerprint density at radius 3 is 2.35 bits per heavy atom. The predicted molar refractivity (Wildman–Crippen MR) is 78.0 cm³/mol. The van der Waals surface area contributed by atoms with Crippen LogP contribution in [0.2, 0.25) is 0 Å². The van der Waals surface area contributed by atoms with Gasteiger partial charge in [-0.05, 0) is 24.6 Å². The molecule has 0 fully saturated rings. The summed E-state index contributed by atoms with van der Waals surface area (Å²) in [5, 5.41) is 2.57. The van der Waals surface area contributed by atoms with Gasteiger partial charge in [0, 0.05) is 7.05 Å². The van der Waals surface area contributed by atoms with E-state index in [0.29, 0.717) is 0 Å². The number of anilines is 1. The molecule has 104 valence electrons. The van der Waals surface area contributed by atoms with Crippen molar-refractivity contribution >= 4 is 11.7 Å². The molecule has 20 heavy (non-hydrogen) atoms. The molecule has 4 heteroatoms. The van der Waals surface area contributed by atoms with Gasteiger partial charge in [0.05, 0.1) is 11.7 Å². The number of benzene rings is 2. The van der Waals surface area contributed by atoms with Crippen LogP contribution in [0.1, 0.15) is 18.5 Å². The van der Waals surface area contributed by atoms with Gasteiger partial charge in [-0.3, -0.25) is 0 Å². The van der Waals surface area contributed by atoms with Crippen LogP contribution in [0.3, 0.4) is 0 Å². The smallest absolute Gasteiger partial charge is 0.321 e. The van der Waals surface area contributed by atoms with Crippen LogP contribution in [-0.4, -0.2) is 18.0 Å². The summed E-state index contributed by atoms with van der Waals surface area (Å²) in [5.74, 6) is -0.443. The summed E-state index contributed by atoms with van der Waals surface area (Å²) in [4.78, 5) is 13.7. The molecule has 0 saturated heterocycles. The number of nitrogens with one attached hydrogen (secondary N) is 1. The molecule has 2 aromatic carbocycles. The molecule has 1 atom stereocenters. The third-order valence-corrected chi connectivity index (χ3v) is 3.30. The molecular weight excluding hydrogens is 255 g/mol. The highest BCUT2D eigenvalue weighted by Crippen LogP contribution is 2.20. The Kier molecular flexibility index (Phi) is 4.35. The van der Waals surface area contributed by atoms with Crippen LogP contribution in [0, 0.1) is 5.82 Å². The van der Waals surface area contributed by atoms with Crippen molar-refractivity contribution in [1.29, 1.82) is 0 Å². The molecule has 3 nitrogen and oxygen atoms in total. The molecule has 0 aromatic heterocycles. The SMILES string of the molecule is C[C@@H](c1ccccc1)N(C)C(=O)Nc1ccccc1F. The van der Waals surface area contributed by atoms with Gasteiger partial charge < -0.3 is 10.2 Å².